The second-order valence-electron chi connectivity index (χ2n) is 6.50. The first kappa shape index (κ1) is 18.4. The Balaban J connectivity index is 0.00000196. The molecule has 0 aliphatic carbocycles. The summed E-state index contributed by atoms with van der Waals surface area (Å²) in [6.07, 6.45) is 1.43. The topological polar surface area (TPSA) is 88.1 Å². The molecule has 2 aromatic rings. The molecule has 1 aromatic heterocycles. The minimum atomic E-state index is -0.512. The van der Waals surface area contributed by atoms with E-state index in [9.17, 15) is 9.59 Å². The molecule has 2 amide bonds. The standard InChI is InChI=1S/C18H21N5O2.ClH/c24-17(6-5-13-10-14-11-19-7-8-23(14)22-13)20-16-9-12-3-1-2-4-15(12)21-18(16)25;/h1-4,10,16,19H,5-9,11H2,(H,20,24)(H,21,25);1H/t16-;/m0./s1. The van der Waals surface area contributed by atoms with Gasteiger partial charge in [-0.2, -0.15) is 5.10 Å². The summed E-state index contributed by atoms with van der Waals surface area (Å²) >= 11 is 0. The maximum absolute atomic E-state index is 12.2. The molecule has 1 atom stereocenters. The molecule has 4 rings (SSSR count). The molecule has 0 saturated heterocycles. The van der Waals surface area contributed by atoms with Crippen LogP contribution in [0, 0.1) is 0 Å². The minimum absolute atomic E-state index is 0. The lowest BCUT2D eigenvalue weighted by atomic mass is 9.99. The van der Waals surface area contributed by atoms with Crippen molar-refractivity contribution in [2.75, 3.05) is 11.9 Å². The van der Waals surface area contributed by atoms with Crippen molar-refractivity contribution in [3.63, 3.8) is 0 Å². The van der Waals surface area contributed by atoms with Gasteiger partial charge >= 0.3 is 0 Å². The van der Waals surface area contributed by atoms with Crippen LogP contribution < -0.4 is 16.0 Å². The van der Waals surface area contributed by atoms with Gasteiger partial charge in [-0.25, -0.2) is 0 Å². The number of rotatable bonds is 4. The fourth-order valence-electron chi connectivity index (χ4n) is 3.35. The molecule has 0 unspecified atom stereocenters. The Hall–Kier alpha value is -2.38. The zero-order valence-electron chi connectivity index (χ0n) is 14.3. The van der Waals surface area contributed by atoms with Crippen LogP contribution in [-0.4, -0.2) is 34.2 Å². The zero-order valence-corrected chi connectivity index (χ0v) is 15.1. The van der Waals surface area contributed by atoms with Gasteiger partial charge in [0.2, 0.25) is 11.8 Å². The van der Waals surface area contributed by atoms with E-state index in [-0.39, 0.29) is 24.2 Å². The summed E-state index contributed by atoms with van der Waals surface area (Å²) in [4.78, 5) is 24.4. The fraction of sp³-hybridized carbons (Fsp3) is 0.389. The molecule has 3 N–H and O–H groups in total. The van der Waals surface area contributed by atoms with Gasteiger partial charge < -0.3 is 16.0 Å². The van der Waals surface area contributed by atoms with Gasteiger partial charge in [-0.1, -0.05) is 18.2 Å². The highest BCUT2D eigenvalue weighted by atomic mass is 35.5. The molecule has 0 spiro atoms. The van der Waals surface area contributed by atoms with E-state index in [0.29, 0.717) is 19.3 Å². The summed E-state index contributed by atoms with van der Waals surface area (Å²) in [6, 6.07) is 9.20. The van der Waals surface area contributed by atoms with Gasteiger partial charge in [0.05, 0.1) is 17.9 Å². The molecule has 138 valence electrons. The maximum atomic E-state index is 12.2. The second kappa shape index (κ2) is 7.88. The number of benzene rings is 1. The normalized spacial score (nSPS) is 18.2. The third kappa shape index (κ3) is 3.89. The largest absolute Gasteiger partial charge is 0.344 e. The molecular formula is C18H22ClN5O2. The fourth-order valence-corrected chi connectivity index (χ4v) is 3.35. The Kier molecular flexibility index (Phi) is 5.58. The van der Waals surface area contributed by atoms with Crippen molar-refractivity contribution in [2.24, 2.45) is 0 Å². The highest BCUT2D eigenvalue weighted by Crippen LogP contribution is 2.21. The van der Waals surface area contributed by atoms with Crippen LogP contribution in [-0.2, 0) is 35.5 Å². The van der Waals surface area contributed by atoms with Crippen molar-refractivity contribution >= 4 is 29.9 Å². The number of aromatic nitrogens is 2. The highest BCUT2D eigenvalue weighted by Gasteiger charge is 2.27. The molecule has 26 heavy (non-hydrogen) atoms. The summed E-state index contributed by atoms with van der Waals surface area (Å²) in [7, 11) is 0. The van der Waals surface area contributed by atoms with E-state index in [0.717, 1.165) is 42.3 Å². The lowest BCUT2D eigenvalue weighted by Crippen LogP contribution is -2.47. The van der Waals surface area contributed by atoms with Gasteiger partial charge in [-0.05, 0) is 17.7 Å². The van der Waals surface area contributed by atoms with Crippen LogP contribution >= 0.6 is 12.4 Å². The lowest BCUT2D eigenvalue weighted by molar-refractivity contribution is -0.126. The Morgan fingerprint density at radius 3 is 3.04 bits per heavy atom. The van der Waals surface area contributed by atoms with Gasteiger partial charge in [0.15, 0.2) is 0 Å². The number of nitrogens with one attached hydrogen (secondary N) is 3. The molecule has 1 aromatic carbocycles. The Morgan fingerprint density at radius 1 is 1.35 bits per heavy atom. The summed E-state index contributed by atoms with van der Waals surface area (Å²) in [5, 5.41) is 13.5. The molecule has 0 fully saturated rings. The third-order valence-corrected chi connectivity index (χ3v) is 4.68. The molecule has 0 radical (unpaired) electrons. The first-order chi connectivity index (χ1) is 12.2. The zero-order chi connectivity index (χ0) is 17.2. The van der Waals surface area contributed by atoms with Gasteiger partial charge in [0.25, 0.3) is 0 Å². The van der Waals surface area contributed by atoms with Crippen molar-refractivity contribution in [3.8, 4) is 0 Å². The van der Waals surface area contributed by atoms with E-state index >= 15 is 0 Å². The number of fused-ring (bicyclic) bond motifs is 2. The van der Waals surface area contributed by atoms with Crippen molar-refractivity contribution in [1.82, 2.24) is 20.4 Å². The smallest absolute Gasteiger partial charge is 0.247 e. The molecule has 7 nitrogen and oxygen atoms in total. The van der Waals surface area contributed by atoms with Gasteiger partial charge in [-0.15, -0.1) is 12.4 Å². The number of para-hydroxylation sites is 1. The first-order valence-electron chi connectivity index (χ1n) is 8.63. The van der Waals surface area contributed by atoms with E-state index in [2.05, 4.69) is 21.0 Å². The molecule has 0 bridgehead atoms. The van der Waals surface area contributed by atoms with Crippen molar-refractivity contribution in [2.45, 2.75) is 38.4 Å². The van der Waals surface area contributed by atoms with E-state index in [4.69, 9.17) is 0 Å². The number of amides is 2. The van der Waals surface area contributed by atoms with Crippen LogP contribution in [0.1, 0.15) is 23.4 Å². The quantitative estimate of drug-likeness (QED) is 0.744. The Morgan fingerprint density at radius 2 is 2.19 bits per heavy atom. The summed E-state index contributed by atoms with van der Waals surface area (Å²) in [5.74, 6) is -0.279. The number of hydrogen-bond donors (Lipinski definition) is 3. The van der Waals surface area contributed by atoms with Crippen LogP contribution in [0.3, 0.4) is 0 Å². The Bertz CT molecular complexity index is 796. The average Bonchev–Trinajstić information content (AvgIpc) is 3.03. The summed E-state index contributed by atoms with van der Waals surface area (Å²) in [5.41, 5.74) is 3.95. The van der Waals surface area contributed by atoms with Gasteiger partial charge in [0, 0.05) is 38.0 Å². The monoisotopic (exact) mass is 375 g/mol. The average molecular weight is 376 g/mol. The molecule has 0 saturated carbocycles. The van der Waals surface area contributed by atoms with Crippen LogP contribution in [0.15, 0.2) is 30.3 Å². The first-order valence-corrected chi connectivity index (χ1v) is 8.63. The maximum Gasteiger partial charge on any atom is 0.247 e. The van der Waals surface area contributed by atoms with Crippen LogP contribution in [0.4, 0.5) is 5.69 Å². The number of hydrogen-bond acceptors (Lipinski definition) is 4. The van der Waals surface area contributed by atoms with Crippen LogP contribution in [0.5, 0.6) is 0 Å². The van der Waals surface area contributed by atoms with Crippen LogP contribution in [0.2, 0.25) is 0 Å². The molecule has 3 heterocycles. The van der Waals surface area contributed by atoms with E-state index in [1.54, 1.807) is 0 Å². The summed E-state index contributed by atoms with van der Waals surface area (Å²) in [6.45, 7) is 2.61. The number of aryl methyl sites for hydroxylation is 1. The van der Waals surface area contributed by atoms with Crippen molar-refractivity contribution in [1.29, 1.82) is 0 Å². The second-order valence-corrected chi connectivity index (χ2v) is 6.50. The van der Waals surface area contributed by atoms with Gasteiger partial charge in [0.1, 0.15) is 6.04 Å². The minimum Gasteiger partial charge on any atom is -0.344 e. The van der Waals surface area contributed by atoms with E-state index in [1.165, 1.54) is 0 Å². The number of nitrogens with zero attached hydrogens (tertiary/aromatic N) is 2. The lowest BCUT2D eigenvalue weighted by Gasteiger charge is -2.25. The Labute approximate surface area is 157 Å². The van der Waals surface area contributed by atoms with Crippen molar-refractivity contribution < 1.29 is 9.59 Å². The molecule has 2 aliphatic rings. The molecule has 8 heteroatoms. The summed E-state index contributed by atoms with van der Waals surface area (Å²) < 4.78 is 2.00. The van der Waals surface area contributed by atoms with E-state index in [1.807, 2.05) is 35.0 Å². The molecule has 2 aliphatic heterocycles. The number of carbonyl (C=O) groups is 2. The molecular weight excluding hydrogens is 354 g/mol. The number of halogens is 1. The van der Waals surface area contributed by atoms with Crippen LogP contribution in [0.25, 0.3) is 0 Å². The van der Waals surface area contributed by atoms with Crippen molar-refractivity contribution in [3.05, 3.63) is 47.3 Å². The number of anilines is 1. The SMILES string of the molecule is Cl.O=C(CCc1cc2n(n1)CCNC2)N[C@H]1Cc2ccccc2NC1=O. The van der Waals surface area contributed by atoms with Gasteiger partial charge in [-0.3, -0.25) is 14.3 Å². The predicted octanol–water partition coefficient (Wildman–Crippen LogP) is 1.02. The van der Waals surface area contributed by atoms with E-state index < -0.39 is 6.04 Å². The highest BCUT2D eigenvalue weighted by molar-refractivity contribution is 6.00. The number of carbonyl (C=O) groups excluding carboxylic acids is 2. The predicted molar refractivity (Wildman–Crippen MR) is 100 cm³/mol. The third-order valence-electron chi connectivity index (χ3n) is 4.68.